The first-order valence-electron chi connectivity index (χ1n) is 8.66. The van der Waals surface area contributed by atoms with Gasteiger partial charge >= 0.3 is 0 Å². The molecule has 0 spiro atoms. The summed E-state index contributed by atoms with van der Waals surface area (Å²) in [5, 5.41) is 5.64. The third kappa shape index (κ3) is 5.69. The second-order valence-corrected chi connectivity index (χ2v) is 7.24. The molecule has 0 saturated carbocycles. The summed E-state index contributed by atoms with van der Waals surface area (Å²) in [6, 6.07) is 20.2. The summed E-state index contributed by atoms with van der Waals surface area (Å²) in [6.07, 6.45) is 0. The zero-order valence-electron chi connectivity index (χ0n) is 15.2. The maximum absolute atomic E-state index is 13.0. The van der Waals surface area contributed by atoms with Crippen molar-refractivity contribution < 1.29 is 14.0 Å². The summed E-state index contributed by atoms with van der Waals surface area (Å²) in [5.41, 5.74) is 2.83. The van der Waals surface area contributed by atoms with Crippen LogP contribution >= 0.6 is 11.8 Å². The number of thioether (sulfide) groups is 1. The number of hydrogen-bond donors (Lipinski definition) is 2. The van der Waals surface area contributed by atoms with Crippen molar-refractivity contribution in [1.82, 2.24) is 0 Å². The zero-order valence-corrected chi connectivity index (χ0v) is 16.1. The molecule has 3 aromatic rings. The number of benzene rings is 3. The normalized spacial score (nSPS) is 10.4. The molecule has 4 nitrogen and oxygen atoms in total. The molecule has 3 aromatic carbocycles. The molecule has 3 rings (SSSR count). The summed E-state index contributed by atoms with van der Waals surface area (Å²) in [4.78, 5) is 25.2. The van der Waals surface area contributed by atoms with E-state index in [4.69, 9.17) is 0 Å². The van der Waals surface area contributed by atoms with Crippen molar-refractivity contribution in [3.63, 3.8) is 0 Å². The van der Waals surface area contributed by atoms with Crippen molar-refractivity contribution in [3.8, 4) is 0 Å². The minimum absolute atomic E-state index is 0.101. The van der Waals surface area contributed by atoms with Gasteiger partial charge in [0, 0.05) is 21.8 Å². The van der Waals surface area contributed by atoms with Crippen molar-refractivity contribution in [3.05, 3.63) is 89.7 Å². The Hall–Kier alpha value is -3.12. The topological polar surface area (TPSA) is 58.2 Å². The fraction of sp³-hybridized carbons (Fsp3) is 0.0909. The van der Waals surface area contributed by atoms with E-state index >= 15 is 0 Å². The lowest BCUT2D eigenvalue weighted by molar-refractivity contribution is -0.113. The van der Waals surface area contributed by atoms with E-state index in [2.05, 4.69) is 10.6 Å². The summed E-state index contributed by atoms with van der Waals surface area (Å²) >= 11 is 1.38. The van der Waals surface area contributed by atoms with Crippen LogP contribution in [0.3, 0.4) is 0 Å². The van der Waals surface area contributed by atoms with Crippen LogP contribution in [0.25, 0.3) is 0 Å². The minimum atomic E-state index is -0.390. The van der Waals surface area contributed by atoms with E-state index in [0.29, 0.717) is 11.3 Å². The van der Waals surface area contributed by atoms with Crippen LogP contribution in [0.1, 0.15) is 15.9 Å². The number of anilines is 2. The average Bonchev–Trinajstić information content (AvgIpc) is 2.67. The molecule has 0 saturated heterocycles. The molecule has 0 aliphatic heterocycles. The maximum Gasteiger partial charge on any atom is 0.255 e. The monoisotopic (exact) mass is 394 g/mol. The van der Waals surface area contributed by atoms with E-state index in [-0.39, 0.29) is 23.4 Å². The van der Waals surface area contributed by atoms with E-state index in [1.165, 1.54) is 36.0 Å². The number of hydrogen-bond acceptors (Lipinski definition) is 3. The third-order valence-electron chi connectivity index (χ3n) is 3.87. The molecule has 0 bridgehead atoms. The lowest BCUT2D eigenvalue weighted by Crippen LogP contribution is -2.14. The molecule has 2 amide bonds. The minimum Gasteiger partial charge on any atom is -0.325 e. The van der Waals surface area contributed by atoms with Crippen molar-refractivity contribution >= 4 is 35.0 Å². The van der Waals surface area contributed by atoms with Gasteiger partial charge < -0.3 is 10.6 Å². The van der Waals surface area contributed by atoms with Crippen molar-refractivity contribution in [1.29, 1.82) is 0 Å². The molecule has 2 N–H and O–H groups in total. The van der Waals surface area contributed by atoms with Crippen LogP contribution in [0.5, 0.6) is 0 Å². The number of aryl methyl sites for hydroxylation is 1. The zero-order chi connectivity index (χ0) is 19.9. The second kappa shape index (κ2) is 9.19. The number of carbonyl (C=O) groups is 2. The first-order chi connectivity index (χ1) is 13.5. The number of carbonyl (C=O) groups excluding carboxylic acids is 2. The largest absolute Gasteiger partial charge is 0.325 e. The Bertz CT molecular complexity index is 990. The Kier molecular flexibility index (Phi) is 6.45. The molecule has 0 aromatic heterocycles. The van der Waals surface area contributed by atoms with Crippen molar-refractivity contribution in [2.45, 2.75) is 11.8 Å². The van der Waals surface area contributed by atoms with Gasteiger partial charge in [-0.1, -0.05) is 18.2 Å². The first kappa shape index (κ1) is 19.6. The number of nitrogens with one attached hydrogen (secondary N) is 2. The summed E-state index contributed by atoms with van der Waals surface area (Å²) in [7, 11) is 0. The van der Waals surface area contributed by atoms with E-state index < -0.39 is 0 Å². The highest BCUT2D eigenvalue weighted by atomic mass is 32.2. The van der Waals surface area contributed by atoms with Gasteiger partial charge in [0.05, 0.1) is 5.75 Å². The lowest BCUT2D eigenvalue weighted by Gasteiger charge is -2.08. The molecule has 0 atom stereocenters. The van der Waals surface area contributed by atoms with E-state index in [1.807, 2.05) is 37.3 Å². The van der Waals surface area contributed by atoms with Gasteiger partial charge in [-0.3, -0.25) is 9.59 Å². The predicted octanol–water partition coefficient (Wildman–Crippen LogP) is 5.12. The van der Waals surface area contributed by atoms with E-state index in [9.17, 15) is 14.0 Å². The summed E-state index contributed by atoms with van der Waals surface area (Å²) in [6.45, 7) is 1.97. The number of halogens is 1. The second-order valence-electron chi connectivity index (χ2n) is 6.20. The molecule has 142 valence electrons. The highest BCUT2D eigenvalue weighted by Gasteiger charge is 2.08. The summed E-state index contributed by atoms with van der Waals surface area (Å²) < 4.78 is 13.0. The summed E-state index contributed by atoms with van der Waals surface area (Å²) in [5.74, 6) is -0.557. The fourth-order valence-electron chi connectivity index (χ4n) is 2.54. The Morgan fingerprint density at radius 1 is 0.893 bits per heavy atom. The molecule has 0 radical (unpaired) electrons. The first-order valence-corrected chi connectivity index (χ1v) is 9.64. The molecular formula is C22H19FN2O2S. The smallest absolute Gasteiger partial charge is 0.255 e. The van der Waals surface area contributed by atoms with Crippen LogP contribution in [0, 0.1) is 12.7 Å². The van der Waals surface area contributed by atoms with Gasteiger partial charge in [-0.15, -0.1) is 11.8 Å². The Labute approximate surface area is 167 Å². The van der Waals surface area contributed by atoms with Gasteiger partial charge in [-0.25, -0.2) is 4.39 Å². The quantitative estimate of drug-likeness (QED) is 0.571. The molecule has 28 heavy (non-hydrogen) atoms. The van der Waals surface area contributed by atoms with Crippen molar-refractivity contribution in [2.24, 2.45) is 0 Å². The standard InChI is InChI=1S/C22H19FN2O2S/c1-15-4-2-5-18(12-15)24-21(26)14-28-20-7-3-6-19(13-20)25-22(27)16-8-10-17(23)11-9-16/h2-13H,14H2,1H3,(H,24,26)(H,25,27). The van der Waals surface area contributed by atoms with Crippen LogP contribution in [0.15, 0.2) is 77.7 Å². The van der Waals surface area contributed by atoms with Gasteiger partial charge in [0.25, 0.3) is 5.91 Å². The van der Waals surface area contributed by atoms with Crippen LogP contribution in [0.4, 0.5) is 15.8 Å². The van der Waals surface area contributed by atoms with Gasteiger partial charge in [0.1, 0.15) is 5.82 Å². The van der Waals surface area contributed by atoms with Gasteiger partial charge in [-0.2, -0.15) is 0 Å². The maximum atomic E-state index is 13.0. The highest BCUT2D eigenvalue weighted by molar-refractivity contribution is 8.00. The Balaban J connectivity index is 1.56. The molecule has 0 aliphatic rings. The Morgan fingerprint density at radius 2 is 1.57 bits per heavy atom. The van der Waals surface area contributed by atoms with Crippen molar-refractivity contribution in [2.75, 3.05) is 16.4 Å². The van der Waals surface area contributed by atoms with Crippen LogP contribution in [-0.2, 0) is 4.79 Å². The average molecular weight is 394 g/mol. The fourth-order valence-corrected chi connectivity index (χ4v) is 3.29. The van der Waals surface area contributed by atoms with Crippen LogP contribution in [-0.4, -0.2) is 17.6 Å². The van der Waals surface area contributed by atoms with E-state index in [1.54, 1.807) is 18.2 Å². The van der Waals surface area contributed by atoms with Crippen LogP contribution in [0.2, 0.25) is 0 Å². The number of amides is 2. The SMILES string of the molecule is Cc1cccc(NC(=O)CSc2cccc(NC(=O)c3ccc(F)cc3)c2)c1. The molecule has 0 fully saturated rings. The predicted molar refractivity (Wildman–Crippen MR) is 111 cm³/mol. The highest BCUT2D eigenvalue weighted by Crippen LogP contribution is 2.22. The Morgan fingerprint density at radius 3 is 2.29 bits per heavy atom. The number of rotatable bonds is 6. The lowest BCUT2D eigenvalue weighted by atomic mass is 10.2. The van der Waals surface area contributed by atoms with E-state index in [0.717, 1.165) is 16.1 Å². The molecule has 0 aliphatic carbocycles. The van der Waals surface area contributed by atoms with Crippen LogP contribution < -0.4 is 10.6 Å². The molecular weight excluding hydrogens is 375 g/mol. The van der Waals surface area contributed by atoms with Gasteiger partial charge in [0.15, 0.2) is 0 Å². The van der Waals surface area contributed by atoms with Gasteiger partial charge in [-0.05, 0) is 67.1 Å². The molecule has 0 unspecified atom stereocenters. The third-order valence-corrected chi connectivity index (χ3v) is 4.86. The molecule has 6 heteroatoms. The molecule has 0 heterocycles. The van der Waals surface area contributed by atoms with Gasteiger partial charge in [0.2, 0.25) is 5.91 Å².